The molecule has 0 spiro atoms. The van der Waals surface area contributed by atoms with Gasteiger partial charge >= 0.3 is 0 Å². The van der Waals surface area contributed by atoms with E-state index in [1.54, 1.807) is 0 Å². The quantitative estimate of drug-likeness (QED) is 0.402. The van der Waals surface area contributed by atoms with Crippen LogP contribution in [0.4, 0.5) is 0 Å². The molecule has 0 aromatic rings. The minimum absolute atomic E-state index is 0.178. The molecule has 0 aliphatic carbocycles. The molecule has 0 saturated carbocycles. The summed E-state index contributed by atoms with van der Waals surface area (Å²) in [6.45, 7) is 9.75. The minimum Gasteiger partial charge on any atom is -0.498 e. The second-order valence-electron chi connectivity index (χ2n) is 3.76. The topological polar surface area (TPSA) is 35.5 Å². The zero-order valence-corrected chi connectivity index (χ0v) is 10.6. The number of carbonyl (C=O) groups excluding carboxylic acids is 1. The van der Waals surface area contributed by atoms with Gasteiger partial charge in [-0.05, 0) is 19.8 Å². The fourth-order valence-corrected chi connectivity index (χ4v) is 1.28. The molecule has 0 rings (SSSR count). The second kappa shape index (κ2) is 10.7. The number of hydrogen-bond acceptors (Lipinski definition) is 3. The van der Waals surface area contributed by atoms with Crippen molar-refractivity contribution in [2.75, 3.05) is 19.8 Å². The van der Waals surface area contributed by atoms with Crippen molar-refractivity contribution < 1.29 is 14.3 Å². The van der Waals surface area contributed by atoms with E-state index in [-0.39, 0.29) is 5.78 Å². The molecule has 0 aliphatic rings. The smallest absolute Gasteiger partial charge is 0.140 e. The average molecular weight is 228 g/mol. The Morgan fingerprint density at radius 2 is 1.88 bits per heavy atom. The summed E-state index contributed by atoms with van der Waals surface area (Å²) in [4.78, 5) is 11.4. The van der Waals surface area contributed by atoms with Crippen molar-refractivity contribution in [1.82, 2.24) is 0 Å². The molecular formula is C13H24O3. The van der Waals surface area contributed by atoms with E-state index in [1.165, 1.54) is 0 Å². The van der Waals surface area contributed by atoms with Crippen molar-refractivity contribution in [3.8, 4) is 0 Å². The summed E-state index contributed by atoms with van der Waals surface area (Å²) >= 11 is 0. The average Bonchev–Trinajstić information content (AvgIpc) is 2.23. The van der Waals surface area contributed by atoms with Crippen molar-refractivity contribution in [3.63, 3.8) is 0 Å². The van der Waals surface area contributed by atoms with Crippen molar-refractivity contribution >= 4 is 5.78 Å². The Bertz CT molecular complexity index is 199. The molecule has 0 unspecified atom stereocenters. The Morgan fingerprint density at radius 3 is 2.50 bits per heavy atom. The highest BCUT2D eigenvalue weighted by Crippen LogP contribution is 2.05. The van der Waals surface area contributed by atoms with E-state index in [4.69, 9.17) is 9.47 Å². The molecule has 0 amide bonds. The maximum absolute atomic E-state index is 11.4. The second-order valence-corrected chi connectivity index (χ2v) is 3.76. The summed E-state index contributed by atoms with van der Waals surface area (Å²) < 4.78 is 10.5. The first-order valence-corrected chi connectivity index (χ1v) is 6.10. The lowest BCUT2D eigenvalue weighted by molar-refractivity contribution is -0.119. The normalized spacial score (nSPS) is 10.1. The number of hydrogen-bond donors (Lipinski definition) is 0. The predicted molar refractivity (Wildman–Crippen MR) is 65.4 cm³/mol. The summed E-state index contributed by atoms with van der Waals surface area (Å²) in [5, 5.41) is 0. The van der Waals surface area contributed by atoms with Gasteiger partial charge in [0.25, 0.3) is 0 Å². The molecule has 0 heterocycles. The van der Waals surface area contributed by atoms with Gasteiger partial charge in [0, 0.05) is 19.6 Å². The SMILES string of the molecule is C=C(CC(=O)CCCOCCCC)OCC. The molecule has 0 aromatic carbocycles. The highest BCUT2D eigenvalue weighted by atomic mass is 16.5. The van der Waals surface area contributed by atoms with Crippen LogP contribution in [0, 0.1) is 0 Å². The number of unbranched alkanes of at least 4 members (excludes halogenated alkanes) is 1. The Labute approximate surface area is 98.8 Å². The molecule has 3 heteroatoms. The lowest BCUT2D eigenvalue weighted by atomic mass is 10.1. The summed E-state index contributed by atoms with van der Waals surface area (Å²) in [5.41, 5.74) is 0. The van der Waals surface area contributed by atoms with E-state index in [2.05, 4.69) is 13.5 Å². The number of ketones is 1. The van der Waals surface area contributed by atoms with Crippen molar-refractivity contribution in [3.05, 3.63) is 12.3 Å². The van der Waals surface area contributed by atoms with Gasteiger partial charge in [0.05, 0.1) is 18.8 Å². The van der Waals surface area contributed by atoms with E-state index in [0.717, 1.165) is 25.9 Å². The fraction of sp³-hybridized carbons (Fsp3) is 0.769. The van der Waals surface area contributed by atoms with Crippen molar-refractivity contribution in [2.45, 2.75) is 46.0 Å². The molecule has 0 fully saturated rings. The van der Waals surface area contributed by atoms with Gasteiger partial charge in [-0.25, -0.2) is 0 Å². The highest BCUT2D eigenvalue weighted by Gasteiger charge is 2.04. The molecule has 0 atom stereocenters. The molecule has 94 valence electrons. The molecule has 0 aromatic heterocycles. The van der Waals surface area contributed by atoms with Gasteiger partial charge in [0.2, 0.25) is 0 Å². The Hall–Kier alpha value is -0.830. The van der Waals surface area contributed by atoms with Crippen LogP contribution in [0.5, 0.6) is 0 Å². The summed E-state index contributed by atoms with van der Waals surface area (Å²) in [6, 6.07) is 0. The Balaban J connectivity index is 3.33. The van der Waals surface area contributed by atoms with Gasteiger partial charge in [-0.15, -0.1) is 0 Å². The van der Waals surface area contributed by atoms with Crippen LogP contribution in [0.1, 0.15) is 46.0 Å². The maximum atomic E-state index is 11.4. The van der Waals surface area contributed by atoms with Crippen LogP contribution in [0.25, 0.3) is 0 Å². The van der Waals surface area contributed by atoms with Crippen LogP contribution in [0.2, 0.25) is 0 Å². The zero-order chi connectivity index (χ0) is 12.2. The number of Topliss-reactive ketones (excluding diaryl/α,β-unsaturated/α-hetero) is 1. The van der Waals surface area contributed by atoms with Gasteiger partial charge in [0.15, 0.2) is 0 Å². The zero-order valence-electron chi connectivity index (χ0n) is 10.6. The first-order chi connectivity index (χ1) is 7.70. The van der Waals surface area contributed by atoms with Gasteiger partial charge in [0.1, 0.15) is 5.78 Å². The molecule has 0 radical (unpaired) electrons. The maximum Gasteiger partial charge on any atom is 0.140 e. The molecule has 3 nitrogen and oxygen atoms in total. The van der Waals surface area contributed by atoms with E-state index < -0.39 is 0 Å². The van der Waals surface area contributed by atoms with Crippen LogP contribution in [0.15, 0.2) is 12.3 Å². The third kappa shape index (κ3) is 9.71. The fourth-order valence-electron chi connectivity index (χ4n) is 1.28. The van der Waals surface area contributed by atoms with Crippen LogP contribution in [-0.4, -0.2) is 25.6 Å². The molecule has 0 bridgehead atoms. The Kier molecular flexibility index (Phi) is 10.1. The lowest BCUT2D eigenvalue weighted by Crippen LogP contribution is -2.04. The third-order valence-electron chi connectivity index (χ3n) is 2.13. The monoisotopic (exact) mass is 228 g/mol. The summed E-state index contributed by atoms with van der Waals surface area (Å²) in [6.07, 6.45) is 3.92. The lowest BCUT2D eigenvalue weighted by Gasteiger charge is -2.06. The van der Waals surface area contributed by atoms with Crippen LogP contribution >= 0.6 is 0 Å². The minimum atomic E-state index is 0.178. The number of carbonyl (C=O) groups is 1. The van der Waals surface area contributed by atoms with Gasteiger partial charge in [-0.2, -0.15) is 0 Å². The molecule has 16 heavy (non-hydrogen) atoms. The van der Waals surface area contributed by atoms with Gasteiger partial charge in [-0.1, -0.05) is 19.9 Å². The molecule has 0 saturated heterocycles. The van der Waals surface area contributed by atoms with Gasteiger partial charge in [-0.3, -0.25) is 4.79 Å². The van der Waals surface area contributed by atoms with E-state index in [1.807, 2.05) is 6.92 Å². The Morgan fingerprint density at radius 1 is 1.19 bits per heavy atom. The van der Waals surface area contributed by atoms with Crippen molar-refractivity contribution in [2.24, 2.45) is 0 Å². The van der Waals surface area contributed by atoms with E-state index in [9.17, 15) is 4.79 Å². The predicted octanol–water partition coefficient (Wildman–Crippen LogP) is 3.09. The van der Waals surface area contributed by atoms with E-state index >= 15 is 0 Å². The summed E-state index contributed by atoms with van der Waals surface area (Å²) in [5.74, 6) is 0.747. The molecule has 0 N–H and O–H groups in total. The van der Waals surface area contributed by atoms with Crippen molar-refractivity contribution in [1.29, 1.82) is 0 Å². The van der Waals surface area contributed by atoms with Crippen LogP contribution in [0.3, 0.4) is 0 Å². The van der Waals surface area contributed by atoms with E-state index in [0.29, 0.717) is 31.8 Å². The number of allylic oxidation sites excluding steroid dienone is 1. The van der Waals surface area contributed by atoms with Crippen LogP contribution in [-0.2, 0) is 14.3 Å². The van der Waals surface area contributed by atoms with Gasteiger partial charge < -0.3 is 9.47 Å². The molecule has 0 aliphatic heterocycles. The number of ether oxygens (including phenoxy) is 2. The number of rotatable bonds is 11. The first-order valence-electron chi connectivity index (χ1n) is 6.10. The third-order valence-corrected chi connectivity index (χ3v) is 2.13. The largest absolute Gasteiger partial charge is 0.498 e. The first kappa shape index (κ1) is 15.2. The highest BCUT2D eigenvalue weighted by molar-refractivity contribution is 5.80. The molecular weight excluding hydrogens is 204 g/mol. The standard InChI is InChI=1S/C13H24O3/c1-4-6-9-15-10-7-8-13(14)11-12(3)16-5-2/h3-11H2,1-2H3. The summed E-state index contributed by atoms with van der Waals surface area (Å²) in [7, 11) is 0. The van der Waals surface area contributed by atoms with Crippen LogP contribution < -0.4 is 0 Å².